The number of rotatable bonds is 1. The van der Waals surface area contributed by atoms with E-state index in [0.29, 0.717) is 11.3 Å². The van der Waals surface area contributed by atoms with E-state index < -0.39 is 5.97 Å². The molecule has 2 N–H and O–H groups in total. The Morgan fingerprint density at radius 1 is 1.75 bits per heavy atom. The number of H-pyrrole nitrogens is 1. The number of hydrogen-bond acceptors (Lipinski definition) is 2. The standard InChI is InChI=1S/C8H7NO2S/c10-8(11)7-4-6(5-9-7)2-1-3-12/h4-5,9,12H,3H2,(H,10,11). The van der Waals surface area contributed by atoms with Crippen LogP contribution in [-0.2, 0) is 0 Å². The molecule has 1 heterocycles. The van der Waals surface area contributed by atoms with Crippen molar-refractivity contribution in [3.8, 4) is 11.8 Å². The van der Waals surface area contributed by atoms with Crippen molar-refractivity contribution in [1.82, 2.24) is 4.98 Å². The summed E-state index contributed by atoms with van der Waals surface area (Å²) in [5.74, 6) is 4.95. The van der Waals surface area contributed by atoms with Gasteiger partial charge in [-0.2, -0.15) is 12.6 Å². The molecule has 62 valence electrons. The van der Waals surface area contributed by atoms with Gasteiger partial charge < -0.3 is 10.1 Å². The molecule has 0 aliphatic rings. The monoisotopic (exact) mass is 181 g/mol. The number of carbonyl (C=O) groups is 1. The fraction of sp³-hybridized carbons (Fsp3) is 0.125. The van der Waals surface area contributed by atoms with E-state index in [0.717, 1.165) is 0 Å². The van der Waals surface area contributed by atoms with E-state index in [1.54, 1.807) is 6.20 Å². The van der Waals surface area contributed by atoms with Crippen LogP contribution in [0, 0.1) is 11.8 Å². The molecule has 1 aromatic heterocycles. The predicted molar refractivity (Wildman–Crippen MR) is 48.5 cm³/mol. The number of aromatic carboxylic acids is 1. The summed E-state index contributed by atoms with van der Waals surface area (Å²) in [7, 11) is 0. The summed E-state index contributed by atoms with van der Waals surface area (Å²) in [6.07, 6.45) is 1.56. The predicted octanol–water partition coefficient (Wildman–Crippen LogP) is 0.994. The molecule has 0 radical (unpaired) electrons. The average Bonchev–Trinajstić information content (AvgIpc) is 2.48. The van der Waals surface area contributed by atoms with E-state index in [1.807, 2.05) is 0 Å². The van der Waals surface area contributed by atoms with Crippen LogP contribution in [0.25, 0.3) is 0 Å². The smallest absolute Gasteiger partial charge is 0.352 e. The Hall–Kier alpha value is -1.34. The van der Waals surface area contributed by atoms with Gasteiger partial charge in [0.05, 0.1) is 5.75 Å². The summed E-state index contributed by atoms with van der Waals surface area (Å²) in [6, 6.07) is 1.48. The van der Waals surface area contributed by atoms with Crippen LogP contribution in [0.1, 0.15) is 16.1 Å². The molecule has 3 nitrogen and oxygen atoms in total. The molecular weight excluding hydrogens is 174 g/mol. The lowest BCUT2D eigenvalue weighted by molar-refractivity contribution is 0.0691. The minimum absolute atomic E-state index is 0.151. The molecule has 0 saturated carbocycles. The number of nitrogens with one attached hydrogen (secondary N) is 1. The Morgan fingerprint density at radius 3 is 3.00 bits per heavy atom. The highest BCUT2D eigenvalue weighted by atomic mass is 32.1. The summed E-state index contributed by atoms with van der Waals surface area (Å²) in [5, 5.41) is 8.53. The first kappa shape index (κ1) is 8.75. The molecular formula is C8H7NO2S. The van der Waals surface area contributed by atoms with Crippen molar-refractivity contribution in [3.63, 3.8) is 0 Å². The Kier molecular flexibility index (Phi) is 2.83. The third-order valence-electron chi connectivity index (χ3n) is 1.23. The number of carboxylic acids is 1. The quantitative estimate of drug-likeness (QED) is 0.447. The van der Waals surface area contributed by atoms with E-state index in [2.05, 4.69) is 29.5 Å². The molecule has 0 unspecified atom stereocenters. The first-order valence-electron chi connectivity index (χ1n) is 3.25. The highest BCUT2D eigenvalue weighted by Crippen LogP contribution is 2.01. The van der Waals surface area contributed by atoms with Gasteiger partial charge in [0.1, 0.15) is 5.69 Å². The number of carboxylic acid groups (broad SMARTS) is 1. The second kappa shape index (κ2) is 3.88. The van der Waals surface area contributed by atoms with Crippen LogP contribution < -0.4 is 0 Å². The van der Waals surface area contributed by atoms with Gasteiger partial charge in [-0.25, -0.2) is 4.79 Å². The summed E-state index contributed by atoms with van der Waals surface area (Å²) >= 11 is 3.90. The van der Waals surface area contributed by atoms with Crippen LogP contribution in [0.5, 0.6) is 0 Å². The van der Waals surface area contributed by atoms with Crippen LogP contribution >= 0.6 is 12.6 Å². The zero-order valence-electron chi connectivity index (χ0n) is 6.16. The van der Waals surface area contributed by atoms with Gasteiger partial charge in [-0.3, -0.25) is 0 Å². The second-order valence-corrected chi connectivity index (χ2v) is 2.38. The molecule has 0 aliphatic carbocycles. The molecule has 0 spiro atoms. The first-order valence-corrected chi connectivity index (χ1v) is 3.88. The van der Waals surface area contributed by atoms with Crippen molar-refractivity contribution in [3.05, 3.63) is 23.5 Å². The number of aromatic nitrogens is 1. The maximum atomic E-state index is 10.4. The van der Waals surface area contributed by atoms with E-state index in [-0.39, 0.29) is 5.69 Å². The SMILES string of the molecule is O=C(O)c1cc(C#CCS)c[nH]1. The maximum absolute atomic E-state index is 10.4. The lowest BCUT2D eigenvalue weighted by atomic mass is 10.3. The third-order valence-corrected chi connectivity index (χ3v) is 1.38. The summed E-state index contributed by atoms with van der Waals surface area (Å²) in [4.78, 5) is 13.0. The first-order chi connectivity index (χ1) is 5.74. The van der Waals surface area contributed by atoms with Crippen molar-refractivity contribution in [2.45, 2.75) is 0 Å². The molecule has 0 aromatic carbocycles. The van der Waals surface area contributed by atoms with Crippen molar-refractivity contribution in [2.24, 2.45) is 0 Å². The summed E-state index contributed by atoms with van der Waals surface area (Å²) < 4.78 is 0. The largest absolute Gasteiger partial charge is 0.477 e. The van der Waals surface area contributed by atoms with Gasteiger partial charge in [0.2, 0.25) is 0 Å². The third kappa shape index (κ3) is 2.07. The molecule has 1 aromatic rings. The van der Waals surface area contributed by atoms with E-state index in [9.17, 15) is 4.79 Å². The zero-order chi connectivity index (χ0) is 8.97. The van der Waals surface area contributed by atoms with Crippen LogP contribution in [0.2, 0.25) is 0 Å². The van der Waals surface area contributed by atoms with Crippen molar-refractivity contribution < 1.29 is 9.90 Å². The second-order valence-electron chi connectivity index (χ2n) is 2.07. The Labute approximate surface area is 75.2 Å². The van der Waals surface area contributed by atoms with Crippen LogP contribution in [0.15, 0.2) is 12.3 Å². The number of aromatic amines is 1. The molecule has 0 aliphatic heterocycles. The molecule has 4 heteroatoms. The molecule has 0 amide bonds. The van der Waals surface area contributed by atoms with Crippen LogP contribution in [0.3, 0.4) is 0 Å². The number of hydrogen-bond donors (Lipinski definition) is 3. The maximum Gasteiger partial charge on any atom is 0.352 e. The molecule has 0 bridgehead atoms. The normalized spacial score (nSPS) is 8.75. The lowest BCUT2D eigenvalue weighted by Crippen LogP contribution is -1.94. The van der Waals surface area contributed by atoms with Gasteiger partial charge in [-0.05, 0) is 6.07 Å². The van der Waals surface area contributed by atoms with Crippen molar-refractivity contribution in [1.29, 1.82) is 0 Å². The summed E-state index contributed by atoms with van der Waals surface area (Å²) in [6.45, 7) is 0. The van der Waals surface area contributed by atoms with Crippen LogP contribution in [0.4, 0.5) is 0 Å². The molecule has 0 fully saturated rings. The van der Waals surface area contributed by atoms with E-state index >= 15 is 0 Å². The minimum Gasteiger partial charge on any atom is -0.477 e. The van der Waals surface area contributed by atoms with Crippen molar-refractivity contribution >= 4 is 18.6 Å². The Balaban J connectivity index is 2.84. The van der Waals surface area contributed by atoms with Gasteiger partial charge in [-0.1, -0.05) is 11.8 Å². The van der Waals surface area contributed by atoms with Crippen molar-refractivity contribution in [2.75, 3.05) is 5.75 Å². The fourth-order valence-corrected chi connectivity index (χ4v) is 0.811. The van der Waals surface area contributed by atoms with E-state index in [4.69, 9.17) is 5.11 Å². The molecule has 12 heavy (non-hydrogen) atoms. The number of thiol groups is 1. The van der Waals surface area contributed by atoms with Gasteiger partial charge in [-0.15, -0.1) is 0 Å². The van der Waals surface area contributed by atoms with Gasteiger partial charge in [0, 0.05) is 11.8 Å². The summed E-state index contributed by atoms with van der Waals surface area (Å²) in [5.41, 5.74) is 0.819. The fourth-order valence-electron chi connectivity index (χ4n) is 0.732. The average molecular weight is 181 g/mol. The minimum atomic E-state index is -0.978. The lowest BCUT2D eigenvalue weighted by Gasteiger charge is -1.81. The van der Waals surface area contributed by atoms with E-state index in [1.165, 1.54) is 6.07 Å². The van der Waals surface area contributed by atoms with Crippen LogP contribution in [-0.4, -0.2) is 21.8 Å². The zero-order valence-corrected chi connectivity index (χ0v) is 7.06. The highest BCUT2D eigenvalue weighted by Gasteiger charge is 2.03. The molecule has 0 atom stereocenters. The Bertz CT molecular complexity index is 345. The molecule has 0 saturated heterocycles. The van der Waals surface area contributed by atoms with Gasteiger partial charge in [0.15, 0.2) is 0 Å². The molecule has 1 rings (SSSR count). The Morgan fingerprint density at radius 2 is 2.50 bits per heavy atom. The highest BCUT2D eigenvalue weighted by molar-refractivity contribution is 7.80. The van der Waals surface area contributed by atoms with Gasteiger partial charge >= 0.3 is 5.97 Å². The van der Waals surface area contributed by atoms with Gasteiger partial charge in [0.25, 0.3) is 0 Å². The topological polar surface area (TPSA) is 53.1 Å².